The van der Waals surface area contributed by atoms with Gasteiger partial charge in [0.05, 0.1) is 23.3 Å². The Kier molecular flexibility index (Phi) is 4.58. The molecule has 5 aliphatic rings. The molecule has 4 atom stereocenters. The summed E-state index contributed by atoms with van der Waals surface area (Å²) in [6.45, 7) is 2.31. The van der Waals surface area contributed by atoms with E-state index < -0.39 is 17.1 Å². The van der Waals surface area contributed by atoms with Crippen molar-refractivity contribution in [1.29, 1.82) is 5.53 Å². The summed E-state index contributed by atoms with van der Waals surface area (Å²) >= 11 is 0. The van der Waals surface area contributed by atoms with E-state index in [1.165, 1.54) is 18.4 Å². The molecule has 1 saturated heterocycles. The van der Waals surface area contributed by atoms with Crippen molar-refractivity contribution < 1.29 is 19.8 Å². The van der Waals surface area contributed by atoms with E-state index >= 15 is 0 Å². The Hall–Kier alpha value is -2.97. The maximum Gasteiger partial charge on any atom is 0.166 e. The molecule has 2 saturated carbocycles. The fraction of sp³-hybridized carbons (Fsp3) is 0.519. The van der Waals surface area contributed by atoms with Crippen LogP contribution in [0.4, 0.5) is 0 Å². The van der Waals surface area contributed by atoms with E-state index in [0.717, 1.165) is 48.7 Å². The zero-order valence-electron chi connectivity index (χ0n) is 19.6. The lowest BCUT2D eigenvalue weighted by Gasteiger charge is -2.63. The van der Waals surface area contributed by atoms with Crippen molar-refractivity contribution in [1.82, 2.24) is 4.90 Å². The Morgan fingerprint density at radius 1 is 1.14 bits per heavy atom. The van der Waals surface area contributed by atoms with Crippen LogP contribution in [-0.2, 0) is 18.4 Å². The van der Waals surface area contributed by atoms with Crippen LogP contribution in [0.15, 0.2) is 46.7 Å². The Labute approximate surface area is 204 Å². The van der Waals surface area contributed by atoms with E-state index in [1.54, 1.807) is 6.07 Å². The van der Waals surface area contributed by atoms with Crippen LogP contribution >= 0.6 is 0 Å². The lowest BCUT2D eigenvalue weighted by atomic mass is 9.49. The third-order valence-electron chi connectivity index (χ3n) is 9.03. The summed E-state index contributed by atoms with van der Waals surface area (Å²) in [7, 11) is 0. The Balaban J connectivity index is 1.27. The van der Waals surface area contributed by atoms with Crippen molar-refractivity contribution in [3.8, 4) is 17.2 Å². The number of aliphatic hydroxyl groups is 1. The smallest absolute Gasteiger partial charge is 0.166 e. The van der Waals surface area contributed by atoms with Crippen LogP contribution in [0.5, 0.6) is 17.2 Å². The van der Waals surface area contributed by atoms with Crippen LogP contribution in [0, 0.1) is 11.4 Å². The largest absolute Gasteiger partial charge is 0.504 e. The summed E-state index contributed by atoms with van der Waals surface area (Å²) in [6, 6.07) is 11.2. The summed E-state index contributed by atoms with van der Waals surface area (Å²) in [5, 5.41) is 31.2. The van der Waals surface area contributed by atoms with E-state index in [-0.39, 0.29) is 11.8 Å². The Morgan fingerprint density at radius 2 is 1.97 bits per heavy atom. The molecule has 7 rings (SSSR count). The maximum atomic E-state index is 12.5. The molecule has 2 aromatic rings. The van der Waals surface area contributed by atoms with Crippen LogP contribution in [0.2, 0.25) is 0 Å². The Morgan fingerprint density at radius 3 is 2.74 bits per heavy atom. The second-order valence-electron chi connectivity index (χ2n) is 10.9. The van der Waals surface area contributed by atoms with E-state index in [0.29, 0.717) is 30.9 Å². The molecular weight excluding hydrogens is 444 g/mol. The highest BCUT2D eigenvalue weighted by atomic mass is 16.6. The number of benzene rings is 2. The normalized spacial score (nSPS) is 33.8. The number of phenolic OH excluding ortho intramolecular Hbond substituents is 1. The average Bonchev–Trinajstić information content (AvgIpc) is 3.60. The van der Waals surface area contributed by atoms with Gasteiger partial charge in [-0.05, 0) is 80.3 Å². The molecule has 0 aromatic heterocycles. The lowest BCUT2D eigenvalue weighted by Crippen LogP contribution is -2.76. The summed E-state index contributed by atoms with van der Waals surface area (Å²) in [5.41, 5.74) is 9.34. The third kappa shape index (κ3) is 2.96. The van der Waals surface area contributed by atoms with E-state index in [2.05, 4.69) is 15.2 Å². The molecule has 35 heavy (non-hydrogen) atoms. The van der Waals surface area contributed by atoms with Gasteiger partial charge < -0.3 is 19.8 Å². The van der Waals surface area contributed by atoms with Crippen molar-refractivity contribution in [3.63, 3.8) is 0 Å². The number of oxime groups is 1. The number of aromatic hydroxyl groups is 1. The molecule has 3 aliphatic carbocycles. The first-order chi connectivity index (χ1) is 17.0. The minimum absolute atomic E-state index is 0.0448. The number of rotatable bonds is 6. The molecule has 2 bridgehead atoms. The molecule has 2 aliphatic heterocycles. The van der Waals surface area contributed by atoms with E-state index in [4.69, 9.17) is 15.1 Å². The van der Waals surface area contributed by atoms with Gasteiger partial charge in [-0.15, -0.1) is 0 Å². The number of piperidine rings is 1. The van der Waals surface area contributed by atoms with Crippen molar-refractivity contribution in [3.05, 3.63) is 53.1 Å². The Bertz CT molecular complexity index is 1230. The molecule has 3 N–H and O–H groups in total. The van der Waals surface area contributed by atoms with E-state index in [9.17, 15) is 10.2 Å². The molecule has 182 valence electrons. The van der Waals surface area contributed by atoms with Crippen LogP contribution in [0.3, 0.4) is 0 Å². The summed E-state index contributed by atoms with van der Waals surface area (Å²) < 4.78 is 6.48. The van der Waals surface area contributed by atoms with Crippen molar-refractivity contribution >= 4 is 5.71 Å². The molecule has 0 radical (unpaired) electrons. The monoisotopic (exact) mass is 474 g/mol. The molecule has 0 amide bonds. The molecule has 8 heteroatoms. The van der Waals surface area contributed by atoms with Gasteiger partial charge in [0.1, 0.15) is 0 Å². The predicted molar refractivity (Wildman–Crippen MR) is 128 cm³/mol. The second-order valence-corrected chi connectivity index (χ2v) is 10.9. The summed E-state index contributed by atoms with van der Waals surface area (Å²) in [4.78, 5) is 8.35. The molecule has 8 nitrogen and oxygen atoms in total. The first kappa shape index (κ1) is 21.3. The maximum absolute atomic E-state index is 12.5. The number of nitrogens with one attached hydrogen (secondary N) is 1. The topological polar surface area (TPSA) is 111 Å². The first-order valence-corrected chi connectivity index (χ1v) is 12.7. The molecule has 1 spiro atoms. The SMILES string of the molecule is N=NCc1ccc(ON=C2CCC3(O)[C@H]4Cc5ccc(O)c6c5[C@@]3(CCN4CC3CC3)[C@H]2O6)cc1. The lowest BCUT2D eigenvalue weighted by molar-refractivity contribution is -0.167. The molecule has 2 heterocycles. The highest BCUT2D eigenvalue weighted by Crippen LogP contribution is 2.65. The van der Waals surface area contributed by atoms with Gasteiger partial charge in [-0.25, -0.2) is 5.53 Å². The van der Waals surface area contributed by atoms with Crippen LogP contribution in [-0.4, -0.2) is 51.7 Å². The van der Waals surface area contributed by atoms with Gasteiger partial charge in [0.15, 0.2) is 23.4 Å². The third-order valence-corrected chi connectivity index (χ3v) is 9.03. The molecule has 1 unspecified atom stereocenters. The summed E-state index contributed by atoms with van der Waals surface area (Å²) in [6.07, 6.45) is 4.85. The van der Waals surface area contributed by atoms with Gasteiger partial charge in [-0.2, -0.15) is 5.11 Å². The van der Waals surface area contributed by atoms with Crippen molar-refractivity contribution in [2.24, 2.45) is 16.2 Å². The van der Waals surface area contributed by atoms with Crippen molar-refractivity contribution in [2.45, 2.75) is 68.2 Å². The number of hydrogen-bond acceptors (Lipinski definition) is 8. The molecule has 2 aromatic carbocycles. The zero-order chi connectivity index (χ0) is 23.8. The minimum atomic E-state index is -0.933. The van der Waals surface area contributed by atoms with Gasteiger partial charge in [0.25, 0.3) is 0 Å². The fourth-order valence-corrected chi connectivity index (χ4v) is 7.23. The number of phenols is 1. The number of likely N-dealkylation sites (tertiary alicyclic amines) is 1. The van der Waals surface area contributed by atoms with Crippen LogP contribution in [0.25, 0.3) is 0 Å². The quantitative estimate of drug-likeness (QED) is 0.434. The fourth-order valence-electron chi connectivity index (χ4n) is 7.23. The highest BCUT2D eigenvalue weighted by molar-refractivity contribution is 5.94. The minimum Gasteiger partial charge on any atom is -0.504 e. The number of nitrogens with zero attached hydrogens (tertiary/aromatic N) is 3. The predicted octanol–water partition coefficient (Wildman–Crippen LogP) is 3.92. The first-order valence-electron chi connectivity index (χ1n) is 12.7. The van der Waals surface area contributed by atoms with Crippen molar-refractivity contribution in [2.75, 3.05) is 13.1 Å². The highest BCUT2D eigenvalue weighted by Gasteiger charge is 2.72. The summed E-state index contributed by atoms with van der Waals surface area (Å²) in [5.74, 6) is 2.00. The van der Waals surface area contributed by atoms with Gasteiger partial charge in [0, 0.05) is 18.2 Å². The number of ether oxygens (including phenoxy) is 1. The van der Waals surface area contributed by atoms with Crippen LogP contribution in [0.1, 0.15) is 48.8 Å². The number of hydrogen-bond donors (Lipinski definition) is 3. The van der Waals surface area contributed by atoms with E-state index in [1.807, 2.05) is 30.3 Å². The molecular formula is C27H30N4O4. The molecule has 3 fully saturated rings. The standard InChI is InChI=1S/C27H30N4O4/c28-29-14-16-3-6-19(7-4-16)35-30-20-9-10-27(33)22-13-18-5-8-21(32)24-23(18)26(27,25(20)34-24)11-12-31(22)15-17-1-2-17/h3-8,17,22,25,28,32-33H,1-2,9-15H2/t22-,25+,26+,27?/m1/s1. The van der Waals surface area contributed by atoms with Crippen LogP contribution < -0.4 is 9.57 Å². The van der Waals surface area contributed by atoms with Gasteiger partial charge in [-0.1, -0.05) is 23.4 Å². The average molecular weight is 475 g/mol. The zero-order valence-corrected chi connectivity index (χ0v) is 19.6. The van der Waals surface area contributed by atoms with Gasteiger partial charge >= 0.3 is 0 Å². The second kappa shape index (κ2) is 7.51. The van der Waals surface area contributed by atoms with Gasteiger partial charge in [-0.3, -0.25) is 4.90 Å². The van der Waals surface area contributed by atoms with Gasteiger partial charge in [0.2, 0.25) is 0 Å².